The van der Waals surface area contributed by atoms with Gasteiger partial charge in [0.2, 0.25) is 5.91 Å². The van der Waals surface area contributed by atoms with Crippen molar-refractivity contribution in [3.63, 3.8) is 0 Å². The first-order valence-corrected chi connectivity index (χ1v) is 6.68. The number of nitrogens with zero attached hydrogens (tertiary/aromatic N) is 2. The molecule has 1 aliphatic carbocycles. The first kappa shape index (κ1) is 12.9. The summed E-state index contributed by atoms with van der Waals surface area (Å²) in [5, 5.41) is 10.3. The summed E-state index contributed by atoms with van der Waals surface area (Å²) in [7, 11) is 1.63. The molecule has 0 aromatic carbocycles. The van der Waals surface area contributed by atoms with Gasteiger partial charge in [-0.3, -0.25) is 9.48 Å². The van der Waals surface area contributed by atoms with Gasteiger partial charge in [0.15, 0.2) is 0 Å². The minimum atomic E-state index is -0.0318. The molecule has 0 spiro atoms. The van der Waals surface area contributed by atoms with Crippen molar-refractivity contribution >= 4 is 11.6 Å². The van der Waals surface area contributed by atoms with E-state index >= 15 is 0 Å². The molecule has 18 heavy (non-hydrogen) atoms. The van der Waals surface area contributed by atoms with Crippen molar-refractivity contribution in [1.29, 1.82) is 0 Å². The maximum atomic E-state index is 11.2. The summed E-state index contributed by atoms with van der Waals surface area (Å²) in [6.07, 6.45) is 8.86. The number of carbonyl (C=O) groups is 1. The number of rotatable bonds is 4. The Hall–Kier alpha value is -1.52. The number of likely N-dealkylation sites (N-methyl/N-ethyl adjacent to an activating group) is 1. The van der Waals surface area contributed by atoms with Gasteiger partial charge in [0, 0.05) is 19.3 Å². The van der Waals surface area contributed by atoms with Gasteiger partial charge in [0.25, 0.3) is 0 Å². The Morgan fingerprint density at radius 3 is 3.00 bits per heavy atom. The molecule has 0 saturated heterocycles. The lowest BCUT2D eigenvalue weighted by atomic mass is 9.86. The third-order valence-corrected chi connectivity index (χ3v) is 3.68. The van der Waals surface area contributed by atoms with Crippen molar-refractivity contribution in [1.82, 2.24) is 15.1 Å². The molecule has 1 heterocycles. The zero-order valence-electron chi connectivity index (χ0n) is 11.1. The van der Waals surface area contributed by atoms with Crippen LogP contribution in [0.15, 0.2) is 12.4 Å². The Morgan fingerprint density at radius 1 is 1.50 bits per heavy atom. The molecule has 1 aromatic heterocycles. The van der Waals surface area contributed by atoms with Gasteiger partial charge >= 0.3 is 0 Å². The lowest BCUT2D eigenvalue weighted by molar-refractivity contribution is -0.121. The van der Waals surface area contributed by atoms with Crippen LogP contribution in [0, 0.1) is 5.92 Å². The average molecular weight is 250 g/mol. The van der Waals surface area contributed by atoms with E-state index in [2.05, 4.69) is 22.7 Å². The molecule has 1 fully saturated rings. The number of aromatic nitrogens is 2. The fourth-order valence-corrected chi connectivity index (χ4v) is 2.50. The maximum absolute atomic E-state index is 11.2. The van der Waals surface area contributed by atoms with Gasteiger partial charge in [-0.15, -0.1) is 0 Å². The van der Waals surface area contributed by atoms with Crippen molar-refractivity contribution in [2.75, 3.05) is 12.4 Å². The van der Waals surface area contributed by atoms with E-state index in [1.165, 1.54) is 25.7 Å². The molecule has 2 atom stereocenters. The first-order valence-electron chi connectivity index (χ1n) is 6.68. The summed E-state index contributed by atoms with van der Waals surface area (Å²) in [4.78, 5) is 11.2. The molecule has 2 unspecified atom stereocenters. The standard InChI is InChI=1S/C13H22N4O/c1-10-5-3-4-6-12(10)16-11-7-15-17(8-11)9-13(18)14-2/h7-8,10,12,16H,3-6,9H2,1-2H3,(H,14,18). The molecule has 0 aliphatic heterocycles. The highest BCUT2D eigenvalue weighted by Crippen LogP contribution is 2.26. The van der Waals surface area contributed by atoms with Crippen LogP contribution in [0.25, 0.3) is 0 Å². The van der Waals surface area contributed by atoms with Crippen LogP contribution in [0.3, 0.4) is 0 Å². The van der Waals surface area contributed by atoms with E-state index < -0.39 is 0 Å². The van der Waals surface area contributed by atoms with Crippen molar-refractivity contribution in [3.8, 4) is 0 Å². The normalized spacial score (nSPS) is 23.7. The number of nitrogens with one attached hydrogen (secondary N) is 2. The summed E-state index contributed by atoms with van der Waals surface area (Å²) < 4.78 is 1.66. The summed E-state index contributed by atoms with van der Waals surface area (Å²) in [5.41, 5.74) is 1.01. The number of hydrogen-bond acceptors (Lipinski definition) is 3. The fraction of sp³-hybridized carbons (Fsp3) is 0.692. The SMILES string of the molecule is CNC(=O)Cn1cc(NC2CCCCC2C)cn1. The topological polar surface area (TPSA) is 59.0 Å². The summed E-state index contributed by atoms with van der Waals surface area (Å²) in [6, 6.07) is 0.538. The Morgan fingerprint density at radius 2 is 2.28 bits per heavy atom. The second-order valence-corrected chi connectivity index (χ2v) is 5.11. The van der Waals surface area contributed by atoms with Crippen LogP contribution in [-0.4, -0.2) is 28.8 Å². The van der Waals surface area contributed by atoms with Crippen LogP contribution in [0.2, 0.25) is 0 Å². The van der Waals surface area contributed by atoms with E-state index in [9.17, 15) is 4.79 Å². The maximum Gasteiger partial charge on any atom is 0.241 e. The van der Waals surface area contributed by atoms with Crippen molar-refractivity contribution in [2.45, 2.75) is 45.2 Å². The van der Waals surface area contributed by atoms with Gasteiger partial charge in [0.1, 0.15) is 6.54 Å². The molecule has 1 saturated carbocycles. The number of anilines is 1. The molecule has 100 valence electrons. The monoisotopic (exact) mass is 250 g/mol. The molecular formula is C13H22N4O. The lowest BCUT2D eigenvalue weighted by Crippen LogP contribution is -2.30. The van der Waals surface area contributed by atoms with Crippen LogP contribution in [-0.2, 0) is 11.3 Å². The third-order valence-electron chi connectivity index (χ3n) is 3.68. The molecule has 1 amide bonds. The van der Waals surface area contributed by atoms with Crippen molar-refractivity contribution in [2.24, 2.45) is 5.92 Å². The zero-order chi connectivity index (χ0) is 13.0. The van der Waals surface area contributed by atoms with E-state index in [-0.39, 0.29) is 12.5 Å². The van der Waals surface area contributed by atoms with Crippen molar-refractivity contribution in [3.05, 3.63) is 12.4 Å². The molecule has 2 N–H and O–H groups in total. The van der Waals surface area contributed by atoms with Gasteiger partial charge in [-0.25, -0.2) is 0 Å². The molecule has 1 aromatic rings. The molecule has 0 radical (unpaired) electrons. The van der Waals surface area contributed by atoms with E-state index in [1.807, 2.05) is 6.20 Å². The smallest absolute Gasteiger partial charge is 0.241 e. The Balaban J connectivity index is 1.91. The number of hydrogen-bond donors (Lipinski definition) is 2. The molecule has 0 bridgehead atoms. The molecule has 1 aliphatic rings. The number of carbonyl (C=O) groups excluding carboxylic acids is 1. The summed E-state index contributed by atoms with van der Waals surface area (Å²) >= 11 is 0. The first-order chi connectivity index (χ1) is 8.69. The van der Waals surface area contributed by atoms with Crippen LogP contribution in [0.4, 0.5) is 5.69 Å². The van der Waals surface area contributed by atoms with Gasteiger partial charge < -0.3 is 10.6 Å². The van der Waals surface area contributed by atoms with Crippen LogP contribution >= 0.6 is 0 Å². The quantitative estimate of drug-likeness (QED) is 0.853. The van der Waals surface area contributed by atoms with E-state index in [1.54, 1.807) is 17.9 Å². The predicted octanol–water partition coefficient (Wildman–Crippen LogP) is 1.62. The third kappa shape index (κ3) is 3.24. The predicted molar refractivity (Wildman–Crippen MR) is 71.3 cm³/mol. The van der Waals surface area contributed by atoms with Gasteiger partial charge in [-0.2, -0.15) is 5.10 Å². The second kappa shape index (κ2) is 5.89. The van der Waals surface area contributed by atoms with Crippen molar-refractivity contribution < 1.29 is 4.79 Å². The van der Waals surface area contributed by atoms with E-state index in [4.69, 9.17) is 0 Å². The van der Waals surface area contributed by atoms with E-state index in [0.717, 1.165) is 5.69 Å². The Kier molecular flexibility index (Phi) is 4.23. The molecule has 5 heteroatoms. The minimum absolute atomic E-state index is 0.0318. The van der Waals surface area contributed by atoms with E-state index in [0.29, 0.717) is 12.0 Å². The average Bonchev–Trinajstić information content (AvgIpc) is 2.79. The van der Waals surface area contributed by atoms with Crippen LogP contribution in [0.1, 0.15) is 32.6 Å². The minimum Gasteiger partial charge on any atom is -0.380 e. The summed E-state index contributed by atoms with van der Waals surface area (Å²) in [5.74, 6) is 0.678. The number of amides is 1. The fourth-order valence-electron chi connectivity index (χ4n) is 2.50. The molecule has 5 nitrogen and oxygen atoms in total. The lowest BCUT2D eigenvalue weighted by Gasteiger charge is -2.29. The van der Waals surface area contributed by atoms with Gasteiger partial charge in [0.05, 0.1) is 11.9 Å². The molecule has 2 rings (SSSR count). The highest BCUT2D eigenvalue weighted by atomic mass is 16.1. The highest BCUT2D eigenvalue weighted by molar-refractivity contribution is 5.75. The summed E-state index contributed by atoms with van der Waals surface area (Å²) in [6.45, 7) is 2.57. The van der Waals surface area contributed by atoms with Crippen LogP contribution in [0.5, 0.6) is 0 Å². The largest absolute Gasteiger partial charge is 0.380 e. The highest BCUT2D eigenvalue weighted by Gasteiger charge is 2.21. The molecular weight excluding hydrogens is 228 g/mol. The Labute approximate surface area is 108 Å². The van der Waals surface area contributed by atoms with Gasteiger partial charge in [-0.05, 0) is 18.8 Å². The zero-order valence-corrected chi connectivity index (χ0v) is 11.1. The van der Waals surface area contributed by atoms with Gasteiger partial charge in [-0.1, -0.05) is 19.8 Å². The van der Waals surface area contributed by atoms with Crippen LogP contribution < -0.4 is 10.6 Å². The second-order valence-electron chi connectivity index (χ2n) is 5.11. The Bertz CT molecular complexity index is 401.